The normalized spacial score (nSPS) is 10.7. The molecule has 0 spiro atoms. The van der Waals surface area contributed by atoms with Gasteiger partial charge in [0.2, 0.25) is 5.91 Å². The molecule has 0 saturated heterocycles. The Morgan fingerprint density at radius 1 is 0.921 bits per heavy atom. The van der Waals surface area contributed by atoms with Crippen LogP contribution in [0.25, 0.3) is 16.9 Å². The molecule has 3 aromatic carbocycles. The molecule has 0 saturated carbocycles. The van der Waals surface area contributed by atoms with Crippen molar-refractivity contribution >= 4 is 23.4 Å². The van der Waals surface area contributed by atoms with E-state index in [1.165, 1.54) is 4.90 Å². The lowest BCUT2D eigenvalue weighted by atomic mass is 10.1. The van der Waals surface area contributed by atoms with Crippen LogP contribution in [0.5, 0.6) is 5.75 Å². The van der Waals surface area contributed by atoms with E-state index in [1.54, 1.807) is 16.8 Å². The van der Waals surface area contributed by atoms with Gasteiger partial charge in [-0.05, 0) is 37.1 Å². The number of hydrogen-bond donors (Lipinski definition) is 2. The summed E-state index contributed by atoms with van der Waals surface area (Å²) in [7, 11) is 0. The highest BCUT2D eigenvalue weighted by Gasteiger charge is 2.21. The molecule has 4 rings (SSSR count). The van der Waals surface area contributed by atoms with Crippen LogP contribution in [-0.4, -0.2) is 46.3 Å². The number of benzene rings is 3. The largest absolute Gasteiger partial charge is 0.492 e. The third-order valence-corrected chi connectivity index (χ3v) is 5.68. The summed E-state index contributed by atoms with van der Waals surface area (Å²) in [6.07, 6.45) is 0. The molecule has 3 amide bonds. The third kappa shape index (κ3) is 6.79. The van der Waals surface area contributed by atoms with Crippen molar-refractivity contribution in [3.63, 3.8) is 0 Å². The summed E-state index contributed by atoms with van der Waals surface area (Å²) in [6, 6.07) is 28.1. The molecule has 0 radical (unpaired) electrons. The van der Waals surface area contributed by atoms with Crippen LogP contribution in [0, 0.1) is 5.92 Å². The molecule has 0 atom stereocenters. The molecule has 0 bridgehead atoms. The Hall–Kier alpha value is -4.59. The predicted octanol–water partition coefficient (Wildman–Crippen LogP) is 6.07. The first kappa shape index (κ1) is 26.5. The van der Waals surface area contributed by atoms with Crippen molar-refractivity contribution in [2.75, 3.05) is 30.3 Å². The van der Waals surface area contributed by atoms with Crippen LogP contribution >= 0.6 is 0 Å². The summed E-state index contributed by atoms with van der Waals surface area (Å²) in [5.74, 6) is 0.940. The van der Waals surface area contributed by atoms with Gasteiger partial charge in [0, 0.05) is 18.2 Å². The topological polar surface area (TPSA) is 88.5 Å². The highest BCUT2D eigenvalue weighted by molar-refractivity contribution is 5.97. The Bertz CT molecular complexity index is 1350. The van der Waals surface area contributed by atoms with Crippen molar-refractivity contribution in [1.29, 1.82) is 0 Å². The molecule has 0 aliphatic carbocycles. The van der Waals surface area contributed by atoms with E-state index in [0.717, 1.165) is 16.9 Å². The molecular formula is C30H33N5O3. The number of aromatic nitrogens is 2. The lowest BCUT2D eigenvalue weighted by Crippen LogP contribution is -2.42. The van der Waals surface area contributed by atoms with E-state index in [-0.39, 0.29) is 24.4 Å². The van der Waals surface area contributed by atoms with Crippen molar-refractivity contribution in [2.45, 2.75) is 20.8 Å². The van der Waals surface area contributed by atoms with Crippen LogP contribution in [-0.2, 0) is 4.79 Å². The second-order valence-electron chi connectivity index (χ2n) is 9.21. The van der Waals surface area contributed by atoms with Gasteiger partial charge in [0.25, 0.3) is 0 Å². The Labute approximate surface area is 223 Å². The molecule has 8 nitrogen and oxygen atoms in total. The second-order valence-corrected chi connectivity index (χ2v) is 9.21. The quantitative estimate of drug-likeness (QED) is 0.271. The number of amides is 3. The minimum Gasteiger partial charge on any atom is -0.492 e. The van der Waals surface area contributed by atoms with Gasteiger partial charge < -0.3 is 20.3 Å². The van der Waals surface area contributed by atoms with E-state index in [0.29, 0.717) is 30.4 Å². The van der Waals surface area contributed by atoms with E-state index >= 15 is 0 Å². The average Bonchev–Trinajstić information content (AvgIpc) is 3.34. The van der Waals surface area contributed by atoms with Gasteiger partial charge in [0.15, 0.2) is 0 Å². The summed E-state index contributed by atoms with van der Waals surface area (Å²) >= 11 is 0. The van der Waals surface area contributed by atoms with Crippen LogP contribution in [0.2, 0.25) is 0 Å². The van der Waals surface area contributed by atoms with Crippen molar-refractivity contribution < 1.29 is 14.3 Å². The molecule has 0 aliphatic heterocycles. The van der Waals surface area contributed by atoms with E-state index in [1.807, 2.05) is 99.6 Å². The molecule has 8 heteroatoms. The zero-order valence-corrected chi connectivity index (χ0v) is 21.9. The van der Waals surface area contributed by atoms with Crippen LogP contribution < -0.4 is 15.4 Å². The molecule has 1 heterocycles. The zero-order chi connectivity index (χ0) is 26.9. The molecule has 1 aromatic heterocycles. The fourth-order valence-corrected chi connectivity index (χ4v) is 4.05. The number of urea groups is 1. The summed E-state index contributed by atoms with van der Waals surface area (Å²) in [4.78, 5) is 28.0. The first-order valence-corrected chi connectivity index (χ1v) is 12.7. The van der Waals surface area contributed by atoms with Crippen molar-refractivity contribution in [3.8, 4) is 22.7 Å². The minimum atomic E-state index is -0.373. The predicted molar refractivity (Wildman–Crippen MR) is 151 cm³/mol. The summed E-state index contributed by atoms with van der Waals surface area (Å²) in [6.45, 7) is 6.65. The second kappa shape index (κ2) is 12.6. The lowest BCUT2D eigenvalue weighted by molar-refractivity contribution is -0.116. The molecule has 196 valence electrons. The van der Waals surface area contributed by atoms with Crippen molar-refractivity contribution in [3.05, 3.63) is 91.0 Å². The number of rotatable bonds is 10. The van der Waals surface area contributed by atoms with E-state index < -0.39 is 0 Å². The van der Waals surface area contributed by atoms with Gasteiger partial charge in [-0.3, -0.25) is 4.79 Å². The summed E-state index contributed by atoms with van der Waals surface area (Å²) < 4.78 is 7.33. The average molecular weight is 512 g/mol. The lowest BCUT2D eigenvalue weighted by Gasteiger charge is -2.25. The van der Waals surface area contributed by atoms with Gasteiger partial charge in [0.1, 0.15) is 18.1 Å². The number of hydrogen-bond acceptors (Lipinski definition) is 4. The molecule has 0 aliphatic rings. The molecule has 0 unspecified atom stereocenters. The highest BCUT2D eigenvalue weighted by Crippen LogP contribution is 2.26. The first-order valence-electron chi connectivity index (χ1n) is 12.7. The van der Waals surface area contributed by atoms with E-state index in [4.69, 9.17) is 9.84 Å². The first-order chi connectivity index (χ1) is 18.4. The van der Waals surface area contributed by atoms with Crippen LogP contribution in [0.1, 0.15) is 20.8 Å². The van der Waals surface area contributed by atoms with Gasteiger partial charge in [-0.1, -0.05) is 74.5 Å². The van der Waals surface area contributed by atoms with E-state index in [9.17, 15) is 9.59 Å². The maximum Gasteiger partial charge on any atom is 0.322 e. The van der Waals surface area contributed by atoms with Gasteiger partial charge in [0.05, 0.1) is 23.7 Å². The monoisotopic (exact) mass is 511 g/mol. The number of nitrogens with one attached hydrogen (secondary N) is 2. The van der Waals surface area contributed by atoms with Gasteiger partial charge >= 0.3 is 6.03 Å². The number of nitrogens with zero attached hydrogens (tertiary/aromatic N) is 3. The number of anilines is 2. The fraction of sp³-hybridized carbons (Fsp3) is 0.233. The minimum absolute atomic E-state index is 0.124. The summed E-state index contributed by atoms with van der Waals surface area (Å²) in [5.41, 5.74) is 3.04. The molecule has 4 aromatic rings. The summed E-state index contributed by atoms with van der Waals surface area (Å²) in [5, 5.41) is 10.6. The fourth-order valence-electron chi connectivity index (χ4n) is 4.05. The molecular weight excluding hydrogens is 478 g/mol. The maximum absolute atomic E-state index is 13.3. The number of ether oxygens (including phenoxy) is 1. The Kier molecular flexibility index (Phi) is 8.77. The standard InChI is InChI=1S/C30H33N5O3/c1-4-38-27-18-12-11-17-25(27)31-30(37)34(20-22(2)3)21-29(36)32-28-19-26(23-13-7-5-8-14-23)33-35(28)24-15-9-6-10-16-24/h5-19,22H,4,20-21H2,1-3H3,(H,31,37)(H,32,36). The maximum atomic E-state index is 13.3. The van der Waals surface area contributed by atoms with Crippen LogP contribution in [0.4, 0.5) is 16.3 Å². The number of para-hydroxylation sites is 3. The smallest absolute Gasteiger partial charge is 0.322 e. The molecule has 0 fully saturated rings. The molecule has 2 N–H and O–H groups in total. The number of carbonyl (C=O) groups is 2. The van der Waals surface area contributed by atoms with Crippen LogP contribution in [0.3, 0.4) is 0 Å². The van der Waals surface area contributed by atoms with Crippen molar-refractivity contribution in [2.24, 2.45) is 5.92 Å². The number of carbonyl (C=O) groups excluding carboxylic acids is 2. The SMILES string of the molecule is CCOc1ccccc1NC(=O)N(CC(=O)Nc1cc(-c2ccccc2)nn1-c1ccccc1)CC(C)C. The van der Waals surface area contributed by atoms with Gasteiger partial charge in [-0.25, -0.2) is 9.48 Å². The van der Waals surface area contributed by atoms with Crippen molar-refractivity contribution in [1.82, 2.24) is 14.7 Å². The Balaban J connectivity index is 1.55. The van der Waals surface area contributed by atoms with E-state index in [2.05, 4.69) is 10.6 Å². The van der Waals surface area contributed by atoms with Crippen LogP contribution in [0.15, 0.2) is 91.0 Å². The zero-order valence-electron chi connectivity index (χ0n) is 21.9. The third-order valence-electron chi connectivity index (χ3n) is 5.68. The Morgan fingerprint density at radius 3 is 2.26 bits per heavy atom. The Morgan fingerprint density at radius 2 is 1.58 bits per heavy atom. The molecule has 38 heavy (non-hydrogen) atoms. The van der Waals surface area contributed by atoms with Gasteiger partial charge in [-0.15, -0.1) is 0 Å². The van der Waals surface area contributed by atoms with Gasteiger partial charge in [-0.2, -0.15) is 5.10 Å². The highest BCUT2D eigenvalue weighted by atomic mass is 16.5.